The van der Waals surface area contributed by atoms with Crippen LogP contribution < -0.4 is 10.6 Å². The van der Waals surface area contributed by atoms with Crippen molar-refractivity contribution in [2.24, 2.45) is 0 Å². The van der Waals surface area contributed by atoms with E-state index in [4.69, 9.17) is 0 Å². The van der Waals surface area contributed by atoms with Gasteiger partial charge in [-0.1, -0.05) is 42.5 Å². The molecule has 2 aliphatic rings. The van der Waals surface area contributed by atoms with Crippen molar-refractivity contribution < 1.29 is 13.2 Å². The molecule has 1 aliphatic carbocycles. The van der Waals surface area contributed by atoms with E-state index in [-0.39, 0.29) is 11.8 Å². The summed E-state index contributed by atoms with van der Waals surface area (Å²) < 4.78 is 24.3. The fourth-order valence-electron chi connectivity index (χ4n) is 3.54. The standard InChI is InChI=1S/C18H18N2O3S/c21-18(19-10-13-9-12-5-1-2-6-14(12)13)20-16-11-24(22,23)17-8-4-3-7-15(16)17/h1-8,13,16H,9-11H2,(H2,19,20,21). The Morgan fingerprint density at radius 3 is 2.54 bits per heavy atom. The van der Waals surface area contributed by atoms with Crippen LogP contribution in [-0.4, -0.2) is 26.7 Å². The lowest BCUT2D eigenvalue weighted by atomic mass is 9.78. The monoisotopic (exact) mass is 342 g/mol. The van der Waals surface area contributed by atoms with Gasteiger partial charge in [-0.25, -0.2) is 13.2 Å². The van der Waals surface area contributed by atoms with E-state index in [0.717, 1.165) is 6.42 Å². The van der Waals surface area contributed by atoms with E-state index in [0.29, 0.717) is 22.9 Å². The number of rotatable bonds is 3. The van der Waals surface area contributed by atoms with E-state index in [1.54, 1.807) is 24.3 Å². The van der Waals surface area contributed by atoms with Crippen LogP contribution in [0.5, 0.6) is 0 Å². The van der Waals surface area contributed by atoms with Crippen molar-refractivity contribution in [2.75, 3.05) is 12.3 Å². The Morgan fingerprint density at radius 2 is 1.75 bits per heavy atom. The molecule has 0 aromatic heterocycles. The summed E-state index contributed by atoms with van der Waals surface area (Å²) in [5, 5.41) is 5.65. The molecule has 1 aliphatic heterocycles. The number of hydrogen-bond donors (Lipinski definition) is 2. The van der Waals surface area contributed by atoms with Gasteiger partial charge in [0.05, 0.1) is 16.7 Å². The molecule has 2 N–H and O–H groups in total. The quantitative estimate of drug-likeness (QED) is 0.897. The number of amides is 2. The van der Waals surface area contributed by atoms with Gasteiger partial charge in [0.15, 0.2) is 9.84 Å². The van der Waals surface area contributed by atoms with E-state index in [1.165, 1.54) is 11.1 Å². The van der Waals surface area contributed by atoms with E-state index < -0.39 is 15.9 Å². The fraction of sp³-hybridized carbons (Fsp3) is 0.278. The van der Waals surface area contributed by atoms with Crippen molar-refractivity contribution in [1.82, 2.24) is 10.6 Å². The van der Waals surface area contributed by atoms with Crippen LogP contribution in [0.2, 0.25) is 0 Å². The highest BCUT2D eigenvalue weighted by atomic mass is 32.2. The first-order valence-electron chi connectivity index (χ1n) is 7.98. The first kappa shape index (κ1) is 15.2. The largest absolute Gasteiger partial charge is 0.338 e. The zero-order chi connectivity index (χ0) is 16.7. The summed E-state index contributed by atoms with van der Waals surface area (Å²) in [6.07, 6.45) is 0.969. The summed E-state index contributed by atoms with van der Waals surface area (Å²) in [5.74, 6) is 0.262. The Hall–Kier alpha value is -2.34. The fourth-order valence-corrected chi connectivity index (χ4v) is 5.28. The van der Waals surface area contributed by atoms with Gasteiger partial charge in [-0.3, -0.25) is 0 Å². The van der Waals surface area contributed by atoms with E-state index in [2.05, 4.69) is 22.8 Å². The van der Waals surface area contributed by atoms with Gasteiger partial charge in [0.25, 0.3) is 0 Å². The summed E-state index contributed by atoms with van der Waals surface area (Å²) in [4.78, 5) is 12.5. The third kappa shape index (κ3) is 2.57. The summed E-state index contributed by atoms with van der Waals surface area (Å²) in [7, 11) is -3.31. The van der Waals surface area contributed by atoms with Gasteiger partial charge >= 0.3 is 6.03 Å². The van der Waals surface area contributed by atoms with Crippen LogP contribution in [0.25, 0.3) is 0 Å². The third-order valence-electron chi connectivity index (χ3n) is 4.79. The summed E-state index contributed by atoms with van der Waals surface area (Å²) in [5.41, 5.74) is 3.29. The number of carbonyl (C=O) groups excluding carboxylic acids is 1. The Balaban J connectivity index is 1.38. The van der Waals surface area contributed by atoms with Gasteiger partial charge in [0.1, 0.15) is 0 Å². The van der Waals surface area contributed by atoms with Gasteiger partial charge in [-0.05, 0) is 29.2 Å². The molecule has 2 aromatic carbocycles. The predicted octanol–water partition coefficient (Wildman–Crippen LogP) is 2.15. The lowest BCUT2D eigenvalue weighted by Crippen LogP contribution is -2.41. The molecule has 6 heteroatoms. The second kappa shape index (κ2) is 5.63. The maximum atomic E-state index is 12.2. The third-order valence-corrected chi connectivity index (χ3v) is 6.61. The van der Waals surface area contributed by atoms with Crippen LogP contribution in [0, 0.1) is 0 Å². The van der Waals surface area contributed by atoms with Gasteiger partial charge in [0.2, 0.25) is 0 Å². The Bertz CT molecular complexity index is 908. The van der Waals surface area contributed by atoms with Crippen LogP contribution in [-0.2, 0) is 16.3 Å². The summed E-state index contributed by atoms with van der Waals surface area (Å²) in [6.45, 7) is 0.559. The molecule has 0 spiro atoms. The normalized spacial score (nSPS) is 22.8. The Labute approximate surface area is 141 Å². The van der Waals surface area contributed by atoms with Crippen molar-refractivity contribution in [3.05, 3.63) is 65.2 Å². The SMILES string of the molecule is O=C(NCC1Cc2ccccc21)NC1CS(=O)(=O)c2ccccc21. The molecule has 24 heavy (non-hydrogen) atoms. The zero-order valence-electron chi connectivity index (χ0n) is 13.0. The minimum absolute atomic E-state index is 0.0774. The van der Waals surface area contributed by atoms with Crippen molar-refractivity contribution in [3.63, 3.8) is 0 Å². The number of hydrogen-bond acceptors (Lipinski definition) is 3. The van der Waals surface area contributed by atoms with E-state index in [9.17, 15) is 13.2 Å². The van der Waals surface area contributed by atoms with Gasteiger partial charge in [-0.15, -0.1) is 0 Å². The van der Waals surface area contributed by atoms with Crippen molar-refractivity contribution >= 4 is 15.9 Å². The molecule has 0 bridgehead atoms. The molecule has 124 valence electrons. The number of benzene rings is 2. The molecule has 0 saturated heterocycles. The van der Waals surface area contributed by atoms with Gasteiger partial charge in [0, 0.05) is 12.5 Å². The number of sulfone groups is 1. The number of urea groups is 1. The molecule has 4 rings (SSSR count). The topological polar surface area (TPSA) is 75.3 Å². The first-order valence-corrected chi connectivity index (χ1v) is 9.64. The lowest BCUT2D eigenvalue weighted by molar-refractivity contribution is 0.237. The predicted molar refractivity (Wildman–Crippen MR) is 90.7 cm³/mol. The molecular formula is C18H18N2O3S. The van der Waals surface area contributed by atoms with Gasteiger partial charge in [-0.2, -0.15) is 0 Å². The Morgan fingerprint density at radius 1 is 1.04 bits per heavy atom. The molecule has 2 atom stereocenters. The first-order chi connectivity index (χ1) is 11.5. The molecule has 0 saturated carbocycles. The second-order valence-electron chi connectivity index (χ2n) is 6.33. The van der Waals surface area contributed by atoms with E-state index >= 15 is 0 Å². The lowest BCUT2D eigenvalue weighted by Gasteiger charge is -2.30. The maximum Gasteiger partial charge on any atom is 0.315 e. The molecule has 5 nitrogen and oxygen atoms in total. The number of nitrogens with one attached hydrogen (secondary N) is 2. The molecule has 0 fully saturated rings. The zero-order valence-corrected chi connectivity index (χ0v) is 13.8. The molecular weight excluding hydrogens is 324 g/mol. The van der Waals surface area contributed by atoms with E-state index in [1.807, 2.05) is 12.1 Å². The highest BCUT2D eigenvalue weighted by molar-refractivity contribution is 7.91. The average Bonchev–Trinajstić information content (AvgIpc) is 2.79. The van der Waals surface area contributed by atoms with Crippen LogP contribution >= 0.6 is 0 Å². The maximum absolute atomic E-state index is 12.2. The molecule has 2 amide bonds. The van der Waals surface area contributed by atoms with Crippen molar-refractivity contribution in [2.45, 2.75) is 23.3 Å². The minimum Gasteiger partial charge on any atom is -0.338 e. The number of fused-ring (bicyclic) bond motifs is 2. The van der Waals surface area contributed by atoms with Crippen LogP contribution in [0.4, 0.5) is 4.79 Å². The molecule has 2 unspecified atom stereocenters. The Kier molecular flexibility index (Phi) is 3.57. The van der Waals surface area contributed by atoms with Crippen molar-refractivity contribution in [1.29, 1.82) is 0 Å². The van der Waals surface area contributed by atoms with Gasteiger partial charge < -0.3 is 10.6 Å². The van der Waals surface area contributed by atoms with Crippen LogP contribution in [0.15, 0.2) is 53.4 Å². The molecule has 0 radical (unpaired) electrons. The smallest absolute Gasteiger partial charge is 0.315 e. The van der Waals surface area contributed by atoms with Crippen LogP contribution in [0.1, 0.15) is 28.7 Å². The average molecular weight is 342 g/mol. The highest BCUT2D eigenvalue weighted by Gasteiger charge is 2.35. The summed E-state index contributed by atoms with van der Waals surface area (Å²) >= 11 is 0. The molecule has 1 heterocycles. The number of carbonyl (C=O) groups is 1. The second-order valence-corrected chi connectivity index (χ2v) is 8.33. The van der Waals surface area contributed by atoms with Crippen molar-refractivity contribution in [3.8, 4) is 0 Å². The summed E-state index contributed by atoms with van der Waals surface area (Å²) in [6, 6.07) is 14.2. The molecule has 2 aromatic rings. The highest BCUT2D eigenvalue weighted by Crippen LogP contribution is 2.34. The minimum atomic E-state index is -3.31. The van der Waals surface area contributed by atoms with Crippen LogP contribution in [0.3, 0.4) is 0 Å².